The molecule has 0 spiro atoms. The Bertz CT molecular complexity index is 907. The Kier molecular flexibility index (Phi) is 4.27. The topological polar surface area (TPSA) is 68.0 Å². The van der Waals surface area contributed by atoms with Crippen LogP contribution in [0.5, 0.6) is 11.5 Å². The second-order valence-electron chi connectivity index (χ2n) is 8.09. The third kappa shape index (κ3) is 2.94. The molecule has 7 heteroatoms. The summed E-state index contributed by atoms with van der Waals surface area (Å²) in [5.41, 5.74) is 2.73. The van der Waals surface area contributed by atoms with Crippen LogP contribution in [0.2, 0.25) is 0 Å². The van der Waals surface area contributed by atoms with Crippen LogP contribution in [-0.2, 0) is 17.8 Å². The van der Waals surface area contributed by atoms with Crippen molar-refractivity contribution in [2.75, 3.05) is 26.4 Å². The normalized spacial score (nSPS) is 21.4. The molecule has 148 valence electrons. The molecule has 1 aromatic heterocycles. The summed E-state index contributed by atoms with van der Waals surface area (Å²) in [7, 11) is 0. The third-order valence-electron chi connectivity index (χ3n) is 6.08. The van der Waals surface area contributed by atoms with Crippen molar-refractivity contribution in [2.24, 2.45) is 5.92 Å². The Hall–Kier alpha value is -2.54. The molecule has 1 unspecified atom stereocenters. The first-order valence-electron chi connectivity index (χ1n) is 10.0. The molecule has 0 radical (unpaired) electrons. The van der Waals surface area contributed by atoms with Gasteiger partial charge < -0.3 is 23.8 Å². The van der Waals surface area contributed by atoms with Gasteiger partial charge >= 0.3 is 0 Å². The molecule has 5 rings (SSSR count). The standard InChI is InChI=1S/C21H25N3O4/c1-13(2)23-7-5-15(10-23)21(25)24-8-6-17-16(11-24)20(22-28-17)14-3-4-18-19(9-14)27-12-26-18/h3-4,9,13,15H,5-8,10-12H2,1-2H3. The molecule has 0 N–H and O–H groups in total. The summed E-state index contributed by atoms with van der Waals surface area (Å²) >= 11 is 0. The van der Waals surface area contributed by atoms with Gasteiger partial charge in [-0.3, -0.25) is 4.79 Å². The SMILES string of the molecule is CC(C)N1CCC(C(=O)N2CCc3onc(-c4ccc5c(c4)OCO5)c3C2)C1. The smallest absolute Gasteiger partial charge is 0.231 e. The molecule has 4 heterocycles. The molecule has 7 nitrogen and oxygen atoms in total. The van der Waals surface area contributed by atoms with Crippen molar-refractivity contribution in [3.05, 3.63) is 29.5 Å². The minimum Gasteiger partial charge on any atom is -0.454 e. The van der Waals surface area contributed by atoms with Crippen LogP contribution in [0, 0.1) is 5.92 Å². The number of hydrogen-bond acceptors (Lipinski definition) is 6. The minimum atomic E-state index is 0.0952. The summed E-state index contributed by atoms with van der Waals surface area (Å²) in [6.45, 7) is 7.73. The van der Waals surface area contributed by atoms with Crippen LogP contribution in [0.4, 0.5) is 0 Å². The molecular weight excluding hydrogens is 358 g/mol. The summed E-state index contributed by atoms with van der Waals surface area (Å²) in [6, 6.07) is 6.27. The highest BCUT2D eigenvalue weighted by Crippen LogP contribution is 2.38. The molecule has 3 aliphatic rings. The molecule has 0 bridgehead atoms. The van der Waals surface area contributed by atoms with Crippen LogP contribution in [0.1, 0.15) is 31.6 Å². The number of amides is 1. The van der Waals surface area contributed by atoms with Crippen LogP contribution in [-0.4, -0.2) is 53.3 Å². The largest absolute Gasteiger partial charge is 0.454 e. The van der Waals surface area contributed by atoms with Crippen molar-refractivity contribution >= 4 is 5.91 Å². The third-order valence-corrected chi connectivity index (χ3v) is 6.08. The second-order valence-corrected chi connectivity index (χ2v) is 8.09. The number of likely N-dealkylation sites (tertiary alicyclic amines) is 1. The molecule has 1 amide bonds. The number of carbonyl (C=O) groups excluding carboxylic acids is 1. The lowest BCUT2D eigenvalue weighted by Crippen LogP contribution is -2.41. The molecule has 3 aliphatic heterocycles. The summed E-state index contributed by atoms with van der Waals surface area (Å²) in [6.07, 6.45) is 1.65. The van der Waals surface area contributed by atoms with Crippen LogP contribution in [0.3, 0.4) is 0 Å². The molecule has 1 aromatic carbocycles. The van der Waals surface area contributed by atoms with Gasteiger partial charge in [-0.2, -0.15) is 0 Å². The second kappa shape index (κ2) is 6.81. The fourth-order valence-electron chi connectivity index (χ4n) is 4.38. The Morgan fingerprint density at radius 1 is 1.21 bits per heavy atom. The monoisotopic (exact) mass is 383 g/mol. The van der Waals surface area contributed by atoms with Crippen molar-refractivity contribution < 1.29 is 18.8 Å². The van der Waals surface area contributed by atoms with Gasteiger partial charge in [-0.15, -0.1) is 0 Å². The van der Waals surface area contributed by atoms with Gasteiger partial charge in [0.25, 0.3) is 0 Å². The number of hydrogen-bond donors (Lipinski definition) is 0. The van der Waals surface area contributed by atoms with Gasteiger partial charge in [-0.05, 0) is 45.0 Å². The number of ether oxygens (including phenoxy) is 2. The maximum absolute atomic E-state index is 13.1. The molecular formula is C21H25N3O4. The lowest BCUT2D eigenvalue weighted by atomic mass is 9.99. The van der Waals surface area contributed by atoms with E-state index in [0.717, 1.165) is 53.6 Å². The van der Waals surface area contributed by atoms with Gasteiger partial charge in [-0.25, -0.2) is 0 Å². The average molecular weight is 383 g/mol. The summed E-state index contributed by atoms with van der Waals surface area (Å²) in [5, 5.41) is 4.30. The fourth-order valence-corrected chi connectivity index (χ4v) is 4.38. The van der Waals surface area contributed by atoms with Gasteiger partial charge in [0, 0.05) is 36.7 Å². The number of benzene rings is 1. The quantitative estimate of drug-likeness (QED) is 0.812. The molecule has 1 saturated heterocycles. The van der Waals surface area contributed by atoms with Gasteiger partial charge in [0.15, 0.2) is 11.5 Å². The molecule has 2 aromatic rings. The van der Waals surface area contributed by atoms with E-state index < -0.39 is 0 Å². The number of rotatable bonds is 3. The van der Waals surface area contributed by atoms with Gasteiger partial charge in [-0.1, -0.05) is 5.16 Å². The zero-order valence-corrected chi connectivity index (χ0v) is 16.3. The predicted octanol–water partition coefficient (Wildman–Crippen LogP) is 2.69. The van der Waals surface area contributed by atoms with E-state index in [-0.39, 0.29) is 18.6 Å². The summed E-state index contributed by atoms with van der Waals surface area (Å²) < 4.78 is 16.5. The van der Waals surface area contributed by atoms with E-state index in [4.69, 9.17) is 14.0 Å². The zero-order valence-electron chi connectivity index (χ0n) is 16.3. The minimum absolute atomic E-state index is 0.0952. The molecule has 0 aliphatic carbocycles. The maximum atomic E-state index is 13.1. The van der Waals surface area contributed by atoms with Crippen LogP contribution >= 0.6 is 0 Å². The Morgan fingerprint density at radius 2 is 2.07 bits per heavy atom. The average Bonchev–Trinajstić information content (AvgIpc) is 3.44. The highest BCUT2D eigenvalue weighted by molar-refractivity contribution is 5.80. The van der Waals surface area contributed by atoms with Crippen molar-refractivity contribution in [3.8, 4) is 22.8 Å². The lowest BCUT2D eigenvalue weighted by Gasteiger charge is -2.29. The fraction of sp³-hybridized carbons (Fsp3) is 0.524. The van der Waals surface area contributed by atoms with Crippen LogP contribution in [0.25, 0.3) is 11.3 Å². The van der Waals surface area contributed by atoms with Crippen LogP contribution < -0.4 is 9.47 Å². The van der Waals surface area contributed by atoms with Crippen molar-refractivity contribution in [1.29, 1.82) is 0 Å². The van der Waals surface area contributed by atoms with Gasteiger partial charge in [0.1, 0.15) is 11.5 Å². The maximum Gasteiger partial charge on any atom is 0.231 e. The van der Waals surface area contributed by atoms with Crippen molar-refractivity contribution in [3.63, 3.8) is 0 Å². The highest BCUT2D eigenvalue weighted by Gasteiger charge is 2.35. The van der Waals surface area contributed by atoms with E-state index in [1.807, 2.05) is 23.1 Å². The van der Waals surface area contributed by atoms with E-state index in [0.29, 0.717) is 25.6 Å². The van der Waals surface area contributed by atoms with E-state index in [2.05, 4.69) is 23.9 Å². The summed E-state index contributed by atoms with van der Waals surface area (Å²) in [5.74, 6) is 2.70. The summed E-state index contributed by atoms with van der Waals surface area (Å²) in [4.78, 5) is 17.5. The predicted molar refractivity (Wildman–Crippen MR) is 102 cm³/mol. The van der Waals surface area contributed by atoms with Gasteiger partial charge in [0.2, 0.25) is 12.7 Å². The van der Waals surface area contributed by atoms with Crippen molar-refractivity contribution in [2.45, 2.75) is 39.3 Å². The number of aromatic nitrogens is 1. The number of fused-ring (bicyclic) bond motifs is 2. The Morgan fingerprint density at radius 3 is 2.89 bits per heavy atom. The molecule has 28 heavy (non-hydrogen) atoms. The van der Waals surface area contributed by atoms with Crippen LogP contribution in [0.15, 0.2) is 22.7 Å². The number of nitrogens with zero attached hydrogens (tertiary/aromatic N) is 3. The first kappa shape index (κ1) is 17.6. The Labute approximate surface area is 164 Å². The van der Waals surface area contributed by atoms with E-state index >= 15 is 0 Å². The number of carbonyl (C=O) groups is 1. The van der Waals surface area contributed by atoms with Gasteiger partial charge in [0.05, 0.1) is 12.5 Å². The Balaban J connectivity index is 1.36. The highest BCUT2D eigenvalue weighted by atomic mass is 16.7. The van der Waals surface area contributed by atoms with E-state index in [9.17, 15) is 4.79 Å². The lowest BCUT2D eigenvalue weighted by molar-refractivity contribution is -0.136. The molecule has 1 fully saturated rings. The zero-order chi connectivity index (χ0) is 19.3. The molecule has 1 atom stereocenters. The first-order valence-corrected chi connectivity index (χ1v) is 10.0. The molecule has 0 saturated carbocycles. The van der Waals surface area contributed by atoms with E-state index in [1.54, 1.807) is 0 Å². The first-order chi connectivity index (χ1) is 13.6. The van der Waals surface area contributed by atoms with E-state index in [1.165, 1.54) is 0 Å². The van der Waals surface area contributed by atoms with Crippen molar-refractivity contribution in [1.82, 2.24) is 15.0 Å².